The number of carbonyl (C=O) groups excluding carboxylic acids is 1. The van der Waals surface area contributed by atoms with E-state index in [-0.39, 0.29) is 18.0 Å². The lowest BCUT2D eigenvalue weighted by Gasteiger charge is -2.09. The summed E-state index contributed by atoms with van der Waals surface area (Å²) in [4.78, 5) is 23.2. The summed E-state index contributed by atoms with van der Waals surface area (Å²) in [5.41, 5.74) is 1.35. The molecule has 3 aromatic rings. The predicted octanol–water partition coefficient (Wildman–Crippen LogP) is 3.69. The molecule has 0 unspecified atom stereocenters. The number of anilines is 1. The molecule has 0 aliphatic rings. The Hall–Kier alpha value is -3.40. The highest BCUT2D eigenvalue weighted by molar-refractivity contribution is 7.98. The molecule has 1 heterocycles. The van der Waals surface area contributed by atoms with Crippen LogP contribution in [0, 0.1) is 10.1 Å². The number of nitro benzene ring substituents is 1. The van der Waals surface area contributed by atoms with E-state index in [1.807, 2.05) is 11.5 Å². The average Bonchev–Trinajstić information content (AvgIpc) is 3.14. The van der Waals surface area contributed by atoms with Crippen molar-refractivity contribution in [1.29, 1.82) is 0 Å². The number of rotatable bonds is 9. The van der Waals surface area contributed by atoms with Crippen molar-refractivity contribution in [2.24, 2.45) is 0 Å². The third kappa shape index (κ3) is 5.15. The van der Waals surface area contributed by atoms with Crippen molar-refractivity contribution in [3.63, 3.8) is 0 Å². The number of aromatic nitrogens is 3. The summed E-state index contributed by atoms with van der Waals surface area (Å²) in [5.74, 6) is 1.41. The van der Waals surface area contributed by atoms with Crippen molar-refractivity contribution in [2.75, 3.05) is 12.4 Å². The van der Waals surface area contributed by atoms with Gasteiger partial charge in [0.2, 0.25) is 5.91 Å². The fourth-order valence-electron chi connectivity index (χ4n) is 2.85. The molecule has 0 bridgehead atoms. The summed E-state index contributed by atoms with van der Waals surface area (Å²) >= 11 is 1.35. The Labute approximate surface area is 177 Å². The minimum Gasteiger partial charge on any atom is -0.497 e. The van der Waals surface area contributed by atoms with E-state index in [9.17, 15) is 14.9 Å². The quantitative estimate of drug-likeness (QED) is 0.315. The maximum Gasteiger partial charge on any atom is 0.273 e. The van der Waals surface area contributed by atoms with Gasteiger partial charge in [-0.1, -0.05) is 30.0 Å². The number of hydrogen-bond donors (Lipinski definition) is 1. The molecule has 0 aliphatic heterocycles. The van der Waals surface area contributed by atoms with E-state index < -0.39 is 4.92 Å². The zero-order chi connectivity index (χ0) is 21.5. The van der Waals surface area contributed by atoms with Crippen molar-refractivity contribution in [3.8, 4) is 5.75 Å². The highest BCUT2D eigenvalue weighted by Crippen LogP contribution is 2.27. The third-order valence-electron chi connectivity index (χ3n) is 4.35. The lowest BCUT2D eigenvalue weighted by molar-refractivity contribution is -0.385. The molecule has 10 heteroatoms. The number of benzene rings is 2. The van der Waals surface area contributed by atoms with Crippen molar-refractivity contribution < 1.29 is 14.5 Å². The summed E-state index contributed by atoms with van der Waals surface area (Å²) in [6.45, 7) is 2.51. The second-order valence-corrected chi connectivity index (χ2v) is 7.21. The molecular weight excluding hydrogens is 406 g/mol. The van der Waals surface area contributed by atoms with Gasteiger partial charge in [0, 0.05) is 29.6 Å². The second-order valence-electron chi connectivity index (χ2n) is 6.27. The molecule has 3 rings (SSSR count). The van der Waals surface area contributed by atoms with E-state index in [4.69, 9.17) is 4.74 Å². The molecule has 1 aromatic heterocycles. The van der Waals surface area contributed by atoms with Gasteiger partial charge in [0.25, 0.3) is 5.69 Å². The number of hydrogen-bond acceptors (Lipinski definition) is 7. The molecule has 0 atom stereocenters. The summed E-state index contributed by atoms with van der Waals surface area (Å²) in [6.07, 6.45) is 0.0684. The molecule has 0 spiro atoms. The Morgan fingerprint density at radius 2 is 1.93 bits per heavy atom. The first kappa shape index (κ1) is 21.3. The van der Waals surface area contributed by atoms with Gasteiger partial charge in [0.15, 0.2) is 5.16 Å². The van der Waals surface area contributed by atoms with Gasteiger partial charge in [-0.15, -0.1) is 10.2 Å². The number of methoxy groups -OCH3 is 1. The number of thioether (sulfide) groups is 1. The van der Waals surface area contributed by atoms with E-state index >= 15 is 0 Å². The van der Waals surface area contributed by atoms with Gasteiger partial charge in [0.1, 0.15) is 11.6 Å². The van der Waals surface area contributed by atoms with Gasteiger partial charge in [0.05, 0.1) is 18.5 Å². The second kappa shape index (κ2) is 9.88. The standard InChI is InChI=1S/C20H21N5O4S/c1-3-24-18(12-19(26)21-15-8-10-16(29-2)11-9-15)22-23-20(24)30-13-14-6-4-5-7-17(14)25(27)28/h4-11H,3,12-13H2,1-2H3,(H,21,26). The Morgan fingerprint density at radius 1 is 1.20 bits per heavy atom. The molecule has 156 valence electrons. The SMILES string of the molecule is CCn1c(CC(=O)Nc2ccc(OC)cc2)nnc1SCc1ccccc1[N+](=O)[O-]. The number of nitro groups is 1. The van der Waals surface area contributed by atoms with Crippen LogP contribution in [-0.4, -0.2) is 32.7 Å². The zero-order valence-electron chi connectivity index (χ0n) is 16.6. The van der Waals surface area contributed by atoms with Crippen LogP contribution < -0.4 is 10.1 Å². The highest BCUT2D eigenvalue weighted by atomic mass is 32.2. The van der Waals surface area contributed by atoms with Crippen LogP contribution in [0.5, 0.6) is 5.75 Å². The highest BCUT2D eigenvalue weighted by Gasteiger charge is 2.17. The maximum absolute atomic E-state index is 12.4. The molecule has 0 radical (unpaired) electrons. The summed E-state index contributed by atoms with van der Waals surface area (Å²) in [7, 11) is 1.58. The van der Waals surface area contributed by atoms with Crippen molar-refractivity contribution >= 4 is 29.0 Å². The number of nitrogens with one attached hydrogen (secondary N) is 1. The Kier molecular flexibility index (Phi) is 7.02. The number of amides is 1. The van der Waals surface area contributed by atoms with E-state index in [1.54, 1.807) is 49.6 Å². The van der Waals surface area contributed by atoms with Crippen molar-refractivity contribution in [2.45, 2.75) is 30.8 Å². The van der Waals surface area contributed by atoms with Gasteiger partial charge in [-0.05, 0) is 31.2 Å². The Bertz CT molecular complexity index is 1040. The molecule has 1 N–H and O–H groups in total. The van der Waals surface area contributed by atoms with Crippen LogP contribution in [0.4, 0.5) is 11.4 Å². The zero-order valence-corrected chi connectivity index (χ0v) is 17.4. The first-order chi connectivity index (χ1) is 14.5. The van der Waals surface area contributed by atoms with Crippen LogP contribution in [0.15, 0.2) is 53.7 Å². The molecule has 1 amide bonds. The van der Waals surface area contributed by atoms with Crippen LogP contribution >= 0.6 is 11.8 Å². The fraction of sp³-hybridized carbons (Fsp3) is 0.250. The van der Waals surface area contributed by atoms with Crippen LogP contribution in [0.3, 0.4) is 0 Å². The molecule has 0 fully saturated rings. The number of nitrogens with zero attached hydrogens (tertiary/aromatic N) is 4. The van der Waals surface area contributed by atoms with E-state index in [2.05, 4.69) is 15.5 Å². The van der Waals surface area contributed by atoms with E-state index in [1.165, 1.54) is 17.8 Å². The summed E-state index contributed by atoms with van der Waals surface area (Å²) in [6, 6.07) is 13.7. The van der Waals surface area contributed by atoms with Gasteiger partial charge in [-0.3, -0.25) is 14.9 Å². The number of para-hydroxylation sites is 1. The van der Waals surface area contributed by atoms with Gasteiger partial charge >= 0.3 is 0 Å². The molecule has 9 nitrogen and oxygen atoms in total. The van der Waals surface area contributed by atoms with Gasteiger partial charge in [-0.25, -0.2) is 0 Å². The summed E-state index contributed by atoms with van der Waals surface area (Å²) in [5, 5.41) is 22.9. The Balaban J connectivity index is 1.66. The molecule has 0 saturated heterocycles. The van der Waals surface area contributed by atoms with E-state index in [0.717, 1.165) is 0 Å². The van der Waals surface area contributed by atoms with E-state index in [0.29, 0.717) is 40.3 Å². The minimum atomic E-state index is -0.393. The van der Waals surface area contributed by atoms with Crippen LogP contribution in [0.2, 0.25) is 0 Å². The maximum atomic E-state index is 12.4. The lowest BCUT2D eigenvalue weighted by Crippen LogP contribution is -2.17. The Morgan fingerprint density at radius 3 is 2.60 bits per heavy atom. The molecular formula is C20H21N5O4S. The monoisotopic (exact) mass is 427 g/mol. The van der Waals surface area contributed by atoms with Gasteiger partial charge in [-0.2, -0.15) is 0 Å². The first-order valence-electron chi connectivity index (χ1n) is 9.23. The third-order valence-corrected chi connectivity index (χ3v) is 5.36. The van der Waals surface area contributed by atoms with Gasteiger partial charge < -0.3 is 14.6 Å². The van der Waals surface area contributed by atoms with Crippen molar-refractivity contribution in [1.82, 2.24) is 14.8 Å². The first-order valence-corrected chi connectivity index (χ1v) is 10.2. The number of ether oxygens (including phenoxy) is 1. The fourth-order valence-corrected chi connectivity index (χ4v) is 3.87. The van der Waals surface area contributed by atoms with Crippen LogP contribution in [-0.2, 0) is 23.5 Å². The molecule has 0 aliphatic carbocycles. The largest absolute Gasteiger partial charge is 0.497 e. The molecule has 30 heavy (non-hydrogen) atoms. The summed E-state index contributed by atoms with van der Waals surface area (Å²) < 4.78 is 6.94. The minimum absolute atomic E-state index is 0.0684. The number of carbonyl (C=O) groups is 1. The van der Waals surface area contributed by atoms with Crippen LogP contribution in [0.25, 0.3) is 0 Å². The molecule has 2 aromatic carbocycles. The average molecular weight is 427 g/mol. The normalized spacial score (nSPS) is 10.6. The van der Waals surface area contributed by atoms with Crippen LogP contribution in [0.1, 0.15) is 18.3 Å². The smallest absolute Gasteiger partial charge is 0.273 e. The van der Waals surface area contributed by atoms with Crippen molar-refractivity contribution in [3.05, 3.63) is 70.0 Å². The topological polar surface area (TPSA) is 112 Å². The lowest BCUT2D eigenvalue weighted by atomic mass is 10.2. The predicted molar refractivity (Wildman–Crippen MR) is 114 cm³/mol. The molecule has 0 saturated carbocycles.